The van der Waals surface area contributed by atoms with E-state index in [2.05, 4.69) is 37.1 Å². The summed E-state index contributed by atoms with van der Waals surface area (Å²) in [5.41, 5.74) is -3.86. The van der Waals surface area contributed by atoms with Crippen molar-refractivity contribution >= 4 is 16.7 Å². The van der Waals surface area contributed by atoms with Gasteiger partial charge in [-0.05, 0) is 38.3 Å². The third-order valence-electron chi connectivity index (χ3n) is 8.10. The Morgan fingerprint density at radius 2 is 1.87 bits per heavy atom. The number of pyridine rings is 2. The highest BCUT2D eigenvalue weighted by molar-refractivity contribution is 5.92. The number of H-pyrrole nitrogens is 1. The summed E-state index contributed by atoms with van der Waals surface area (Å²) < 4.78 is 64.0. The molecule has 4 atom stereocenters. The van der Waals surface area contributed by atoms with Gasteiger partial charge in [0, 0.05) is 50.0 Å². The number of nitrogens with one attached hydrogen (secondary N) is 2. The lowest BCUT2D eigenvalue weighted by Gasteiger charge is -2.43. The van der Waals surface area contributed by atoms with E-state index in [0.29, 0.717) is 31.4 Å². The van der Waals surface area contributed by atoms with Gasteiger partial charge in [0.1, 0.15) is 23.6 Å². The van der Waals surface area contributed by atoms with Crippen molar-refractivity contribution in [2.45, 2.75) is 51.0 Å². The summed E-state index contributed by atoms with van der Waals surface area (Å²) in [6, 6.07) is 1.43. The minimum absolute atomic E-state index is 0.0549. The molecule has 0 radical (unpaired) electrons. The van der Waals surface area contributed by atoms with E-state index in [1.165, 1.54) is 6.20 Å². The van der Waals surface area contributed by atoms with E-state index in [1.54, 1.807) is 0 Å². The third kappa shape index (κ3) is 4.61. The van der Waals surface area contributed by atoms with E-state index < -0.39 is 34.5 Å². The molecule has 3 fully saturated rings. The first-order valence-corrected chi connectivity index (χ1v) is 13.0. The topological polar surface area (TPSA) is 99.3 Å². The molecule has 0 spiro atoms. The monoisotopic (exact) mass is 547 g/mol. The fourth-order valence-electron chi connectivity index (χ4n) is 6.16. The number of hydrogen-bond acceptors (Lipinski definition) is 8. The summed E-state index contributed by atoms with van der Waals surface area (Å²) in [5, 5.41) is 3.81. The minimum atomic E-state index is -4.84. The molecule has 3 aromatic rings. The molecule has 0 aliphatic carbocycles. The van der Waals surface area contributed by atoms with Gasteiger partial charge in [-0.2, -0.15) is 23.1 Å². The van der Waals surface area contributed by atoms with E-state index in [1.807, 2.05) is 11.9 Å². The van der Waals surface area contributed by atoms with Gasteiger partial charge in [-0.25, -0.2) is 4.39 Å². The summed E-state index contributed by atoms with van der Waals surface area (Å²) in [4.78, 5) is 31.4. The Morgan fingerprint density at radius 3 is 2.51 bits per heavy atom. The molecule has 39 heavy (non-hydrogen) atoms. The molecular weight excluding hydrogens is 518 g/mol. The minimum Gasteiger partial charge on any atom is -0.462 e. The SMILES string of the molecule is Cc1cc(=O)[nH]c(-c2ncc3c(N4CC5CCC(C4)N5)nc(OC[C@@H]4[C@H](C)CN4C)nc3c2F)c1C(F)(F)F. The Labute approximate surface area is 221 Å². The normalized spacial score (nSPS) is 25.3. The summed E-state index contributed by atoms with van der Waals surface area (Å²) in [7, 11) is 1.98. The molecule has 6 rings (SSSR count). The van der Waals surface area contributed by atoms with E-state index in [9.17, 15) is 18.0 Å². The van der Waals surface area contributed by atoms with Gasteiger partial charge in [-0.1, -0.05) is 6.92 Å². The molecular formula is C26H29F4N7O2. The second-order valence-corrected chi connectivity index (χ2v) is 10.9. The molecule has 6 heterocycles. The lowest BCUT2D eigenvalue weighted by molar-refractivity contribution is -0.137. The number of aromatic amines is 1. The van der Waals surface area contributed by atoms with Crippen molar-refractivity contribution in [3.63, 3.8) is 0 Å². The predicted molar refractivity (Wildman–Crippen MR) is 136 cm³/mol. The maximum atomic E-state index is 16.1. The average Bonchev–Trinajstić information content (AvgIpc) is 3.20. The highest BCUT2D eigenvalue weighted by Gasteiger charge is 2.39. The summed E-state index contributed by atoms with van der Waals surface area (Å²) in [6.07, 6.45) is -1.54. The molecule has 3 aliphatic heterocycles. The van der Waals surface area contributed by atoms with Crippen LogP contribution in [0, 0.1) is 18.7 Å². The van der Waals surface area contributed by atoms with Crippen molar-refractivity contribution in [2.24, 2.45) is 5.92 Å². The van der Waals surface area contributed by atoms with Crippen LogP contribution in [-0.2, 0) is 6.18 Å². The van der Waals surface area contributed by atoms with Crippen LogP contribution in [0.15, 0.2) is 17.1 Å². The Bertz CT molecular complexity index is 1470. The van der Waals surface area contributed by atoms with Crippen LogP contribution in [0.25, 0.3) is 22.3 Å². The number of alkyl halides is 3. The highest BCUT2D eigenvalue weighted by atomic mass is 19.4. The molecule has 3 aromatic heterocycles. The molecule has 2 unspecified atom stereocenters. The van der Waals surface area contributed by atoms with Crippen LogP contribution in [0.4, 0.5) is 23.4 Å². The van der Waals surface area contributed by atoms with Gasteiger partial charge in [0.25, 0.3) is 0 Å². The second-order valence-electron chi connectivity index (χ2n) is 10.9. The van der Waals surface area contributed by atoms with Crippen LogP contribution in [-0.4, -0.2) is 76.3 Å². The maximum Gasteiger partial charge on any atom is 0.418 e. The van der Waals surface area contributed by atoms with E-state index >= 15 is 4.39 Å². The van der Waals surface area contributed by atoms with E-state index in [4.69, 9.17) is 4.74 Å². The first kappa shape index (κ1) is 25.9. The van der Waals surface area contributed by atoms with Crippen LogP contribution < -0.4 is 20.5 Å². The van der Waals surface area contributed by atoms with Crippen LogP contribution in [0.1, 0.15) is 30.9 Å². The number of likely N-dealkylation sites (N-methyl/N-ethyl adjacent to an activating group) is 1. The lowest BCUT2D eigenvalue weighted by atomic mass is 9.92. The standard InChI is InChI=1S/C26H29F4N7O2/c1-12-6-18(38)33-22(19(12)26(28,29)30)23-20(27)21-16(7-31-23)24(37-9-14-4-5-15(10-37)32-14)35-25(34-21)39-11-17-13(2)8-36(17)3/h6-7,13-15,17,32H,4-5,8-11H2,1-3H3,(H,33,38)/t13-,14?,15?,17-/m1/s1. The van der Waals surface area contributed by atoms with Crippen LogP contribution in [0.2, 0.25) is 0 Å². The molecule has 0 aromatic carbocycles. The Hall–Kier alpha value is -3.32. The average molecular weight is 548 g/mol. The van der Waals surface area contributed by atoms with Gasteiger partial charge in [-0.3, -0.25) is 14.7 Å². The molecule has 3 saturated heterocycles. The summed E-state index contributed by atoms with van der Waals surface area (Å²) in [5.74, 6) is -0.250. The zero-order valence-electron chi connectivity index (χ0n) is 21.8. The summed E-state index contributed by atoms with van der Waals surface area (Å²) in [6.45, 7) is 5.76. The molecule has 3 aliphatic rings. The Balaban J connectivity index is 1.49. The smallest absolute Gasteiger partial charge is 0.418 e. The zero-order valence-corrected chi connectivity index (χ0v) is 21.8. The van der Waals surface area contributed by atoms with Crippen LogP contribution in [0.3, 0.4) is 0 Å². The van der Waals surface area contributed by atoms with Gasteiger partial charge in [0.05, 0.1) is 16.6 Å². The maximum absolute atomic E-state index is 16.1. The van der Waals surface area contributed by atoms with E-state index in [-0.39, 0.29) is 40.6 Å². The van der Waals surface area contributed by atoms with Gasteiger partial charge < -0.3 is 19.9 Å². The zero-order chi connectivity index (χ0) is 27.6. The number of halogens is 4. The molecule has 2 N–H and O–H groups in total. The fraction of sp³-hybridized carbons (Fsp3) is 0.538. The number of aryl methyl sites for hydroxylation is 1. The van der Waals surface area contributed by atoms with Crippen LogP contribution >= 0.6 is 0 Å². The second kappa shape index (κ2) is 9.40. The number of aromatic nitrogens is 4. The molecule has 13 heteroatoms. The van der Waals surface area contributed by atoms with Gasteiger partial charge in [-0.15, -0.1) is 0 Å². The fourth-order valence-corrected chi connectivity index (χ4v) is 6.16. The predicted octanol–water partition coefficient (Wildman–Crippen LogP) is 3.12. The number of likely N-dealkylation sites (tertiary alicyclic amines) is 1. The van der Waals surface area contributed by atoms with Crippen molar-refractivity contribution in [2.75, 3.05) is 38.2 Å². The number of piperazine rings is 1. The summed E-state index contributed by atoms with van der Waals surface area (Å²) >= 11 is 0. The molecule has 2 bridgehead atoms. The Kier molecular flexibility index (Phi) is 6.25. The third-order valence-corrected chi connectivity index (χ3v) is 8.10. The van der Waals surface area contributed by atoms with Gasteiger partial charge in [0.15, 0.2) is 5.82 Å². The molecule has 0 amide bonds. The first-order valence-electron chi connectivity index (χ1n) is 13.0. The van der Waals surface area contributed by atoms with Crippen molar-refractivity contribution in [1.29, 1.82) is 0 Å². The highest BCUT2D eigenvalue weighted by Crippen LogP contribution is 2.39. The largest absolute Gasteiger partial charge is 0.462 e. The van der Waals surface area contributed by atoms with Crippen molar-refractivity contribution in [3.8, 4) is 17.4 Å². The number of fused-ring (bicyclic) bond motifs is 3. The van der Waals surface area contributed by atoms with E-state index in [0.717, 1.165) is 32.4 Å². The van der Waals surface area contributed by atoms with Crippen molar-refractivity contribution in [3.05, 3.63) is 39.6 Å². The number of nitrogens with zero attached hydrogens (tertiary/aromatic N) is 5. The molecule has 0 saturated carbocycles. The molecule has 9 nitrogen and oxygen atoms in total. The van der Waals surface area contributed by atoms with Gasteiger partial charge in [0.2, 0.25) is 5.56 Å². The van der Waals surface area contributed by atoms with Gasteiger partial charge >= 0.3 is 12.2 Å². The number of anilines is 1. The number of rotatable bonds is 5. The molecule has 208 valence electrons. The first-order chi connectivity index (χ1) is 18.5. The number of ether oxygens (including phenoxy) is 1. The lowest BCUT2D eigenvalue weighted by Crippen LogP contribution is -2.55. The van der Waals surface area contributed by atoms with Crippen molar-refractivity contribution in [1.82, 2.24) is 30.2 Å². The number of hydrogen-bond donors (Lipinski definition) is 2. The Morgan fingerprint density at radius 1 is 1.15 bits per heavy atom. The van der Waals surface area contributed by atoms with Crippen LogP contribution in [0.5, 0.6) is 6.01 Å². The van der Waals surface area contributed by atoms with Crippen molar-refractivity contribution < 1.29 is 22.3 Å². The quantitative estimate of drug-likeness (QED) is 0.471.